The van der Waals surface area contributed by atoms with Crippen molar-refractivity contribution in [2.75, 3.05) is 12.4 Å². The number of ether oxygens (including phenoxy) is 1. The van der Waals surface area contributed by atoms with E-state index in [1.165, 1.54) is 50.5 Å². The van der Waals surface area contributed by atoms with Crippen molar-refractivity contribution in [3.8, 4) is 0 Å². The molecule has 38 heavy (non-hydrogen) atoms. The molecule has 0 spiro atoms. The lowest BCUT2D eigenvalue weighted by Gasteiger charge is -2.23. The smallest absolute Gasteiger partial charge is 0.305 e. The van der Waals surface area contributed by atoms with Crippen LogP contribution < -0.4 is 0 Å². The molecule has 4 nitrogen and oxygen atoms in total. The lowest BCUT2D eigenvalue weighted by molar-refractivity contribution is -0.143. The van der Waals surface area contributed by atoms with E-state index in [2.05, 4.69) is 31.2 Å². The molecule has 0 heterocycles. The number of carbonyl (C=O) groups excluding carboxylic acids is 1. The van der Waals surface area contributed by atoms with Crippen LogP contribution in [0.1, 0.15) is 128 Å². The maximum atomic E-state index is 12.0. The number of hydrogen-bond acceptors (Lipinski definition) is 5. The van der Waals surface area contributed by atoms with Gasteiger partial charge >= 0.3 is 5.97 Å². The van der Waals surface area contributed by atoms with Gasteiger partial charge in [0.1, 0.15) is 0 Å². The first-order valence-electron chi connectivity index (χ1n) is 15.8. The highest BCUT2D eigenvalue weighted by Gasteiger charge is 2.34. The van der Waals surface area contributed by atoms with Gasteiger partial charge in [0.05, 0.1) is 18.8 Å². The molecule has 1 aliphatic rings. The summed E-state index contributed by atoms with van der Waals surface area (Å²) in [5, 5.41) is 21.4. The molecule has 1 aromatic carbocycles. The number of benzene rings is 1. The first-order valence-corrected chi connectivity index (χ1v) is 16.8. The van der Waals surface area contributed by atoms with Crippen LogP contribution in [-0.2, 0) is 16.0 Å². The Kier molecular flexibility index (Phi) is 19.0. The van der Waals surface area contributed by atoms with Gasteiger partial charge in [-0.2, -0.15) is 11.8 Å². The summed E-state index contributed by atoms with van der Waals surface area (Å²) >= 11 is 1.87. The van der Waals surface area contributed by atoms with Crippen LogP contribution >= 0.6 is 11.8 Å². The Morgan fingerprint density at radius 2 is 1.61 bits per heavy atom. The molecule has 4 unspecified atom stereocenters. The van der Waals surface area contributed by atoms with E-state index in [4.69, 9.17) is 4.74 Å². The third kappa shape index (κ3) is 15.5. The molecule has 4 atom stereocenters. The quantitative estimate of drug-likeness (QED) is 0.106. The summed E-state index contributed by atoms with van der Waals surface area (Å²) in [4.78, 5) is 12.0. The number of aliphatic hydroxyl groups excluding tert-OH is 2. The summed E-state index contributed by atoms with van der Waals surface area (Å²) in [6.07, 6.45) is 20.1. The Balaban J connectivity index is 1.45. The summed E-state index contributed by atoms with van der Waals surface area (Å²) in [6, 6.07) is 10.5. The van der Waals surface area contributed by atoms with E-state index in [-0.39, 0.29) is 18.2 Å². The number of esters is 1. The van der Waals surface area contributed by atoms with Gasteiger partial charge in [0, 0.05) is 17.4 Å². The molecule has 2 rings (SSSR count). The molecule has 0 aromatic heterocycles. The molecule has 0 bridgehead atoms. The van der Waals surface area contributed by atoms with Crippen LogP contribution in [0.2, 0.25) is 0 Å². The van der Waals surface area contributed by atoms with Gasteiger partial charge in [-0.3, -0.25) is 4.79 Å². The Hall–Kier alpha value is -1.04. The fourth-order valence-corrected chi connectivity index (χ4v) is 7.10. The van der Waals surface area contributed by atoms with Crippen LogP contribution in [0.3, 0.4) is 0 Å². The fraction of sp³-hybridized carbons (Fsp3) is 0.788. The third-order valence-electron chi connectivity index (χ3n) is 8.00. The van der Waals surface area contributed by atoms with Gasteiger partial charge in [-0.05, 0) is 62.8 Å². The van der Waals surface area contributed by atoms with Crippen molar-refractivity contribution in [1.29, 1.82) is 0 Å². The van der Waals surface area contributed by atoms with E-state index in [0.717, 1.165) is 76.4 Å². The first-order chi connectivity index (χ1) is 18.6. The van der Waals surface area contributed by atoms with E-state index >= 15 is 0 Å². The summed E-state index contributed by atoms with van der Waals surface area (Å²) in [7, 11) is 0. The van der Waals surface area contributed by atoms with Gasteiger partial charge in [-0.15, -0.1) is 0 Å². The van der Waals surface area contributed by atoms with Crippen LogP contribution in [0, 0.1) is 5.92 Å². The second-order valence-electron chi connectivity index (χ2n) is 11.4. The lowest BCUT2D eigenvalue weighted by Crippen LogP contribution is -2.22. The van der Waals surface area contributed by atoms with E-state index in [9.17, 15) is 15.0 Å². The molecule has 0 saturated heterocycles. The molecule has 1 fully saturated rings. The molecular formula is C33H56O4S. The minimum atomic E-state index is -0.266. The van der Waals surface area contributed by atoms with Gasteiger partial charge in [-0.25, -0.2) is 0 Å². The second-order valence-corrected chi connectivity index (χ2v) is 12.6. The van der Waals surface area contributed by atoms with Crippen LogP contribution in [0.15, 0.2) is 30.3 Å². The lowest BCUT2D eigenvalue weighted by atomic mass is 9.97. The summed E-state index contributed by atoms with van der Waals surface area (Å²) in [6.45, 7) is 2.82. The normalized spacial score (nSPS) is 20.0. The maximum Gasteiger partial charge on any atom is 0.305 e. The average molecular weight is 549 g/mol. The van der Waals surface area contributed by atoms with Gasteiger partial charge in [0.15, 0.2) is 0 Å². The van der Waals surface area contributed by atoms with E-state index in [1.54, 1.807) is 0 Å². The average Bonchev–Trinajstić information content (AvgIpc) is 3.28. The van der Waals surface area contributed by atoms with Gasteiger partial charge in [0.2, 0.25) is 0 Å². The number of aliphatic hydroxyl groups is 2. The van der Waals surface area contributed by atoms with Crippen molar-refractivity contribution in [3.63, 3.8) is 0 Å². The Morgan fingerprint density at radius 1 is 0.921 bits per heavy atom. The number of carbonyl (C=O) groups is 1. The van der Waals surface area contributed by atoms with Crippen LogP contribution in [0.4, 0.5) is 0 Å². The monoisotopic (exact) mass is 548 g/mol. The number of unbranched alkanes of at least 4 members (excludes halogenated alkanes) is 10. The van der Waals surface area contributed by atoms with Crippen molar-refractivity contribution < 1.29 is 19.7 Å². The molecule has 0 radical (unpaired) electrons. The second kappa shape index (κ2) is 21.7. The number of aryl methyl sites for hydroxylation is 1. The maximum absolute atomic E-state index is 12.0. The summed E-state index contributed by atoms with van der Waals surface area (Å²) < 4.78 is 5.40. The van der Waals surface area contributed by atoms with Crippen molar-refractivity contribution in [1.82, 2.24) is 0 Å². The molecule has 1 aromatic rings. The van der Waals surface area contributed by atoms with Crippen molar-refractivity contribution in [2.45, 2.75) is 146 Å². The first kappa shape index (κ1) is 33.2. The van der Waals surface area contributed by atoms with E-state index < -0.39 is 0 Å². The highest BCUT2D eigenvalue weighted by atomic mass is 32.2. The van der Waals surface area contributed by atoms with Crippen molar-refractivity contribution >= 4 is 17.7 Å². The highest BCUT2D eigenvalue weighted by Crippen LogP contribution is 2.39. The molecule has 0 aliphatic heterocycles. The molecule has 0 amide bonds. The minimum absolute atomic E-state index is 0.0436. The topological polar surface area (TPSA) is 66.8 Å². The molecule has 1 saturated carbocycles. The molecule has 1 aliphatic carbocycles. The Bertz CT molecular complexity index is 697. The predicted molar refractivity (Wildman–Crippen MR) is 162 cm³/mol. The molecule has 218 valence electrons. The Labute approximate surface area is 237 Å². The van der Waals surface area contributed by atoms with E-state index in [0.29, 0.717) is 24.2 Å². The van der Waals surface area contributed by atoms with Gasteiger partial charge < -0.3 is 14.9 Å². The third-order valence-corrected chi connectivity index (χ3v) is 9.59. The van der Waals surface area contributed by atoms with Crippen molar-refractivity contribution in [3.05, 3.63) is 35.9 Å². The molecule has 5 heteroatoms. The van der Waals surface area contributed by atoms with E-state index in [1.807, 2.05) is 17.8 Å². The van der Waals surface area contributed by atoms with Crippen molar-refractivity contribution in [2.24, 2.45) is 5.92 Å². The molecule has 2 N–H and O–H groups in total. The van der Waals surface area contributed by atoms with Crippen LogP contribution in [0.5, 0.6) is 0 Å². The SMILES string of the molecule is CCCCCCCCCCOC(=O)CCCCCCC1C(O)CCC1SCC(O)CCCc1ccccc1. The Morgan fingerprint density at radius 3 is 2.37 bits per heavy atom. The largest absolute Gasteiger partial charge is 0.466 e. The zero-order chi connectivity index (χ0) is 27.3. The standard InChI is InChI=1S/C33H56O4S/c1-2-3-4-5-6-7-10-16-26-37-33(36)23-15-9-8-14-22-30-31(35)24-25-32(30)38-27-29(34)21-17-20-28-18-12-11-13-19-28/h11-13,18-19,29-32,34-35H,2-10,14-17,20-27H2,1H3. The number of rotatable bonds is 23. The van der Waals surface area contributed by atoms with Crippen LogP contribution in [-0.4, -0.2) is 46.0 Å². The number of thioether (sulfide) groups is 1. The van der Waals surface area contributed by atoms with Crippen LogP contribution in [0.25, 0.3) is 0 Å². The van der Waals surface area contributed by atoms with Gasteiger partial charge in [0.25, 0.3) is 0 Å². The summed E-state index contributed by atoms with van der Waals surface area (Å²) in [5.41, 5.74) is 1.34. The minimum Gasteiger partial charge on any atom is -0.466 e. The highest BCUT2D eigenvalue weighted by molar-refractivity contribution is 7.99. The molecular weight excluding hydrogens is 492 g/mol. The zero-order valence-corrected chi connectivity index (χ0v) is 25.0. The zero-order valence-electron chi connectivity index (χ0n) is 24.2. The van der Waals surface area contributed by atoms with Gasteiger partial charge in [-0.1, -0.05) is 101 Å². The summed E-state index contributed by atoms with van der Waals surface area (Å²) in [5.74, 6) is 1.06. The fourth-order valence-electron chi connectivity index (χ4n) is 5.60. The number of hydrogen-bond donors (Lipinski definition) is 2. The predicted octanol–water partition coefficient (Wildman–Crippen LogP) is 8.27.